The number of rotatable bonds is 6. The molecule has 2 aromatic rings. The Morgan fingerprint density at radius 2 is 1.93 bits per heavy atom. The average molecular weight is 381 g/mol. The lowest BCUT2D eigenvalue weighted by Gasteiger charge is -2.35. The van der Waals surface area contributed by atoms with Gasteiger partial charge in [-0.05, 0) is 37.1 Å². The molecule has 148 valence electrons. The summed E-state index contributed by atoms with van der Waals surface area (Å²) in [5.41, 5.74) is 1.75. The zero-order chi connectivity index (χ0) is 19.8. The standard InChI is InChI=1S/C21H27N5O2/c1-22-19-11-10-17(13-23-19)25-21(28)20(27)24-14-18-9-5-6-12-26(18)15-16-7-3-2-4-8-16/h2-4,7-8,10-11,13,18H,5-6,9,12,14-15H2,1H3,(H,22,23)(H,24,27)(H,25,28). The molecular weight excluding hydrogens is 354 g/mol. The van der Waals surface area contributed by atoms with Crippen LogP contribution in [0.1, 0.15) is 24.8 Å². The molecule has 7 heteroatoms. The van der Waals surface area contributed by atoms with Gasteiger partial charge in [0.05, 0.1) is 11.9 Å². The fraction of sp³-hybridized carbons (Fsp3) is 0.381. The molecule has 0 bridgehead atoms. The van der Waals surface area contributed by atoms with Gasteiger partial charge in [-0.1, -0.05) is 36.8 Å². The lowest BCUT2D eigenvalue weighted by molar-refractivity contribution is -0.136. The molecule has 1 aromatic carbocycles. The summed E-state index contributed by atoms with van der Waals surface area (Å²) in [6, 6.07) is 14.0. The van der Waals surface area contributed by atoms with Gasteiger partial charge in [0.1, 0.15) is 5.82 Å². The van der Waals surface area contributed by atoms with E-state index in [-0.39, 0.29) is 6.04 Å². The number of aromatic nitrogens is 1. The second kappa shape index (κ2) is 9.85. The first-order valence-corrected chi connectivity index (χ1v) is 9.66. The molecule has 0 saturated carbocycles. The van der Waals surface area contributed by atoms with Crippen LogP contribution in [-0.4, -0.2) is 47.9 Å². The first kappa shape index (κ1) is 19.8. The van der Waals surface area contributed by atoms with Gasteiger partial charge < -0.3 is 16.0 Å². The highest BCUT2D eigenvalue weighted by molar-refractivity contribution is 6.39. The number of hydrogen-bond acceptors (Lipinski definition) is 5. The highest BCUT2D eigenvalue weighted by Gasteiger charge is 2.24. The molecule has 3 N–H and O–H groups in total. The van der Waals surface area contributed by atoms with Crippen LogP contribution in [0.2, 0.25) is 0 Å². The van der Waals surface area contributed by atoms with E-state index in [1.165, 1.54) is 11.8 Å². The molecule has 1 unspecified atom stereocenters. The Hall–Kier alpha value is -2.93. The number of carbonyl (C=O) groups excluding carboxylic acids is 2. The van der Waals surface area contributed by atoms with Crippen LogP contribution in [0.5, 0.6) is 0 Å². The van der Waals surface area contributed by atoms with Crippen LogP contribution in [0.3, 0.4) is 0 Å². The molecule has 2 amide bonds. The second-order valence-corrected chi connectivity index (χ2v) is 6.95. The summed E-state index contributed by atoms with van der Waals surface area (Å²) in [5, 5.41) is 8.26. The van der Waals surface area contributed by atoms with Crippen LogP contribution in [-0.2, 0) is 16.1 Å². The summed E-state index contributed by atoms with van der Waals surface area (Å²) >= 11 is 0. The van der Waals surface area contributed by atoms with Crippen LogP contribution < -0.4 is 16.0 Å². The van der Waals surface area contributed by atoms with Crippen molar-refractivity contribution in [3.8, 4) is 0 Å². The Labute approximate surface area is 165 Å². The number of carbonyl (C=O) groups is 2. The molecule has 1 aliphatic rings. The van der Waals surface area contributed by atoms with E-state index in [4.69, 9.17) is 0 Å². The topological polar surface area (TPSA) is 86.4 Å². The molecule has 1 aliphatic heterocycles. The number of likely N-dealkylation sites (tertiary alicyclic amines) is 1. The fourth-order valence-electron chi connectivity index (χ4n) is 3.41. The summed E-state index contributed by atoms with van der Waals surface area (Å²) in [6.45, 7) is 2.33. The van der Waals surface area contributed by atoms with Gasteiger partial charge in [-0.2, -0.15) is 0 Å². The van der Waals surface area contributed by atoms with Crippen LogP contribution in [0, 0.1) is 0 Å². The number of benzene rings is 1. The monoisotopic (exact) mass is 381 g/mol. The van der Waals surface area contributed by atoms with Gasteiger partial charge in [-0.3, -0.25) is 14.5 Å². The van der Waals surface area contributed by atoms with E-state index in [2.05, 4.69) is 38.0 Å². The van der Waals surface area contributed by atoms with E-state index in [0.29, 0.717) is 18.1 Å². The van der Waals surface area contributed by atoms with E-state index < -0.39 is 11.8 Å². The highest BCUT2D eigenvalue weighted by Crippen LogP contribution is 2.19. The van der Waals surface area contributed by atoms with Gasteiger partial charge in [-0.25, -0.2) is 4.98 Å². The predicted molar refractivity (Wildman–Crippen MR) is 110 cm³/mol. The van der Waals surface area contributed by atoms with E-state index in [0.717, 1.165) is 32.4 Å². The lowest BCUT2D eigenvalue weighted by Crippen LogP contribution is -2.48. The van der Waals surface area contributed by atoms with Crippen molar-refractivity contribution in [2.24, 2.45) is 0 Å². The van der Waals surface area contributed by atoms with E-state index in [1.807, 2.05) is 18.2 Å². The molecule has 1 atom stereocenters. The van der Waals surface area contributed by atoms with Crippen LogP contribution in [0.15, 0.2) is 48.7 Å². The molecule has 0 aliphatic carbocycles. The third-order valence-electron chi connectivity index (χ3n) is 4.96. The first-order chi connectivity index (χ1) is 13.7. The largest absolute Gasteiger partial charge is 0.373 e. The maximum Gasteiger partial charge on any atom is 0.313 e. The van der Waals surface area contributed by atoms with Gasteiger partial charge in [0.2, 0.25) is 0 Å². The smallest absolute Gasteiger partial charge is 0.313 e. The van der Waals surface area contributed by atoms with Crippen LogP contribution in [0.25, 0.3) is 0 Å². The normalized spacial score (nSPS) is 17.0. The third-order valence-corrected chi connectivity index (χ3v) is 4.96. The number of piperidine rings is 1. The van der Waals surface area contributed by atoms with Crippen molar-refractivity contribution in [2.75, 3.05) is 30.8 Å². The summed E-state index contributed by atoms with van der Waals surface area (Å²) in [6.07, 6.45) is 4.83. The first-order valence-electron chi connectivity index (χ1n) is 9.66. The molecule has 28 heavy (non-hydrogen) atoms. The molecule has 0 radical (unpaired) electrons. The fourth-order valence-corrected chi connectivity index (χ4v) is 3.41. The summed E-state index contributed by atoms with van der Waals surface area (Å²) < 4.78 is 0. The molecule has 7 nitrogen and oxygen atoms in total. The Morgan fingerprint density at radius 3 is 2.64 bits per heavy atom. The highest BCUT2D eigenvalue weighted by atomic mass is 16.2. The maximum atomic E-state index is 12.2. The zero-order valence-corrected chi connectivity index (χ0v) is 16.1. The van der Waals surface area contributed by atoms with Gasteiger partial charge >= 0.3 is 11.8 Å². The minimum Gasteiger partial charge on any atom is -0.373 e. The average Bonchev–Trinajstić information content (AvgIpc) is 2.74. The number of pyridine rings is 1. The van der Waals surface area contributed by atoms with Gasteiger partial charge in [0, 0.05) is 26.2 Å². The molecule has 2 heterocycles. The van der Waals surface area contributed by atoms with Crippen molar-refractivity contribution in [3.05, 3.63) is 54.2 Å². The Morgan fingerprint density at radius 1 is 1.11 bits per heavy atom. The molecule has 3 rings (SSSR count). The molecule has 0 spiro atoms. The number of nitrogens with zero attached hydrogens (tertiary/aromatic N) is 2. The second-order valence-electron chi connectivity index (χ2n) is 6.95. The van der Waals surface area contributed by atoms with Crippen molar-refractivity contribution < 1.29 is 9.59 Å². The van der Waals surface area contributed by atoms with Crippen molar-refractivity contribution >= 4 is 23.3 Å². The summed E-state index contributed by atoms with van der Waals surface area (Å²) in [4.78, 5) is 30.8. The van der Waals surface area contributed by atoms with Gasteiger partial charge in [0.25, 0.3) is 0 Å². The number of nitrogens with one attached hydrogen (secondary N) is 3. The number of anilines is 2. The summed E-state index contributed by atoms with van der Waals surface area (Å²) in [5.74, 6) is -0.606. The van der Waals surface area contributed by atoms with Crippen LogP contribution >= 0.6 is 0 Å². The van der Waals surface area contributed by atoms with E-state index >= 15 is 0 Å². The minimum atomic E-state index is -0.676. The Kier molecular flexibility index (Phi) is 6.97. The van der Waals surface area contributed by atoms with Crippen molar-refractivity contribution in [1.82, 2.24) is 15.2 Å². The number of hydrogen-bond donors (Lipinski definition) is 3. The lowest BCUT2D eigenvalue weighted by atomic mass is 10.0. The quantitative estimate of drug-likeness (QED) is 0.668. The van der Waals surface area contributed by atoms with E-state index in [9.17, 15) is 9.59 Å². The van der Waals surface area contributed by atoms with Crippen molar-refractivity contribution in [3.63, 3.8) is 0 Å². The van der Waals surface area contributed by atoms with Crippen molar-refractivity contribution in [2.45, 2.75) is 31.8 Å². The van der Waals surface area contributed by atoms with Gasteiger partial charge in [0.15, 0.2) is 0 Å². The van der Waals surface area contributed by atoms with E-state index in [1.54, 1.807) is 19.2 Å². The predicted octanol–water partition coefficient (Wildman–Crippen LogP) is 2.23. The molecule has 1 saturated heterocycles. The van der Waals surface area contributed by atoms with Gasteiger partial charge in [-0.15, -0.1) is 0 Å². The van der Waals surface area contributed by atoms with Crippen molar-refractivity contribution in [1.29, 1.82) is 0 Å². The molecule has 1 fully saturated rings. The SMILES string of the molecule is CNc1ccc(NC(=O)C(=O)NCC2CCCCN2Cc2ccccc2)cn1. The zero-order valence-electron chi connectivity index (χ0n) is 16.1. The Balaban J connectivity index is 1.50. The Bertz CT molecular complexity index is 779. The number of amides is 2. The molecule has 1 aromatic heterocycles. The molecular formula is C21H27N5O2. The summed E-state index contributed by atoms with van der Waals surface area (Å²) in [7, 11) is 1.76. The third kappa shape index (κ3) is 5.53. The van der Waals surface area contributed by atoms with Crippen LogP contribution in [0.4, 0.5) is 11.5 Å². The minimum absolute atomic E-state index is 0.238. The maximum absolute atomic E-state index is 12.2.